The summed E-state index contributed by atoms with van der Waals surface area (Å²) in [5.41, 5.74) is 1.89. The number of hydrogen-bond donors (Lipinski definition) is 0. The molecule has 21 heavy (non-hydrogen) atoms. The van der Waals surface area contributed by atoms with Crippen LogP contribution in [0.15, 0.2) is 46.9 Å². The van der Waals surface area contributed by atoms with Crippen LogP contribution < -0.4 is 0 Å². The van der Waals surface area contributed by atoms with Gasteiger partial charge < -0.3 is 0 Å². The first kappa shape index (κ1) is 17.5. The molecule has 0 spiro atoms. The van der Waals surface area contributed by atoms with Crippen molar-refractivity contribution in [1.29, 1.82) is 0 Å². The van der Waals surface area contributed by atoms with Crippen molar-refractivity contribution in [1.82, 2.24) is 0 Å². The third-order valence-electron chi connectivity index (χ3n) is 3.41. The maximum atomic E-state index is 13.6. The van der Waals surface area contributed by atoms with Gasteiger partial charge in [0.05, 0.1) is 0 Å². The van der Waals surface area contributed by atoms with Crippen LogP contribution in [-0.4, -0.2) is 10.7 Å². The van der Waals surface area contributed by atoms with Gasteiger partial charge in [0.2, 0.25) is 0 Å². The van der Waals surface area contributed by atoms with Crippen LogP contribution in [0.4, 0.5) is 4.39 Å². The lowest BCUT2D eigenvalue weighted by Gasteiger charge is -2.31. The summed E-state index contributed by atoms with van der Waals surface area (Å²) in [5, 5.41) is 2.21. The van der Waals surface area contributed by atoms with Gasteiger partial charge in [0.25, 0.3) is 0 Å². The minimum absolute atomic E-state index is 0.182. The van der Waals surface area contributed by atoms with Crippen molar-refractivity contribution in [2.45, 2.75) is 11.8 Å². The minimum Gasteiger partial charge on any atom is -0.207 e. The van der Waals surface area contributed by atoms with Crippen molar-refractivity contribution in [3.8, 4) is 0 Å². The molecule has 0 aromatic heterocycles. The SMILES string of the molecule is Fc1cc(Br)cc(CC(CBr)(CBr)c2cccc(Cl)c2)c1. The molecule has 0 unspecified atom stereocenters. The Bertz CT molecular complexity index is 606. The maximum Gasteiger partial charge on any atom is 0.124 e. The Morgan fingerprint density at radius 2 is 1.76 bits per heavy atom. The molecule has 0 radical (unpaired) electrons. The minimum atomic E-state index is -0.233. The van der Waals surface area contributed by atoms with Crippen LogP contribution in [0.2, 0.25) is 5.02 Å². The number of alkyl halides is 2. The summed E-state index contributed by atoms with van der Waals surface area (Å²) in [4.78, 5) is 0. The van der Waals surface area contributed by atoms with Crippen molar-refractivity contribution in [3.63, 3.8) is 0 Å². The van der Waals surface area contributed by atoms with Crippen LogP contribution in [0.1, 0.15) is 11.1 Å². The summed E-state index contributed by atoms with van der Waals surface area (Å²) in [5.74, 6) is -0.233. The highest BCUT2D eigenvalue weighted by molar-refractivity contribution is 9.10. The highest BCUT2D eigenvalue weighted by Gasteiger charge is 2.31. The summed E-state index contributed by atoms with van der Waals surface area (Å²) >= 11 is 16.7. The van der Waals surface area contributed by atoms with E-state index in [1.54, 1.807) is 6.07 Å². The van der Waals surface area contributed by atoms with E-state index < -0.39 is 0 Å². The standard InChI is InChI=1S/C16H13Br3ClF/c17-9-16(10-18,12-2-1-3-14(20)6-12)8-11-4-13(19)7-15(21)5-11/h1-7H,8-10H2. The van der Waals surface area contributed by atoms with E-state index in [0.29, 0.717) is 11.4 Å². The van der Waals surface area contributed by atoms with Crippen molar-refractivity contribution in [2.24, 2.45) is 0 Å². The Balaban J connectivity index is 2.42. The average Bonchev–Trinajstić information content (AvgIpc) is 2.44. The number of rotatable bonds is 5. The smallest absolute Gasteiger partial charge is 0.124 e. The summed E-state index contributed by atoms with van der Waals surface area (Å²) in [6.45, 7) is 0. The molecule has 0 amide bonds. The zero-order valence-corrected chi connectivity index (χ0v) is 16.6. The summed E-state index contributed by atoms with van der Waals surface area (Å²) in [6, 6.07) is 12.8. The first-order valence-electron chi connectivity index (χ1n) is 6.32. The van der Waals surface area contributed by atoms with Gasteiger partial charge in [0, 0.05) is 25.6 Å². The summed E-state index contributed by atoms with van der Waals surface area (Å²) < 4.78 is 14.4. The number of benzene rings is 2. The topological polar surface area (TPSA) is 0 Å². The fourth-order valence-electron chi connectivity index (χ4n) is 2.31. The van der Waals surface area contributed by atoms with Gasteiger partial charge in [-0.2, -0.15) is 0 Å². The van der Waals surface area contributed by atoms with Crippen LogP contribution >= 0.6 is 59.4 Å². The summed E-state index contributed by atoms with van der Waals surface area (Å²) in [7, 11) is 0. The largest absolute Gasteiger partial charge is 0.207 e. The maximum absolute atomic E-state index is 13.6. The molecule has 2 aromatic carbocycles. The number of halogens is 5. The van der Waals surface area contributed by atoms with Gasteiger partial charge in [-0.1, -0.05) is 71.5 Å². The van der Waals surface area contributed by atoms with Gasteiger partial charge in [-0.3, -0.25) is 0 Å². The molecule has 112 valence electrons. The third-order valence-corrected chi connectivity index (χ3v) is 6.25. The lowest BCUT2D eigenvalue weighted by atomic mass is 9.79. The molecule has 0 bridgehead atoms. The van der Waals surface area contributed by atoms with Crippen LogP contribution in [0, 0.1) is 5.82 Å². The summed E-state index contributed by atoms with van der Waals surface area (Å²) in [6.07, 6.45) is 0.709. The third kappa shape index (κ3) is 4.31. The molecule has 0 aliphatic rings. The molecule has 0 N–H and O–H groups in total. The Labute approximate surface area is 154 Å². The van der Waals surface area contributed by atoms with Crippen LogP contribution in [0.25, 0.3) is 0 Å². The van der Waals surface area contributed by atoms with E-state index >= 15 is 0 Å². The molecule has 0 aliphatic heterocycles. The molecule has 2 rings (SSSR count). The van der Waals surface area contributed by atoms with E-state index in [4.69, 9.17) is 11.6 Å². The van der Waals surface area contributed by atoms with E-state index in [1.165, 1.54) is 6.07 Å². The van der Waals surface area contributed by atoms with E-state index in [0.717, 1.165) is 26.3 Å². The molecule has 0 aliphatic carbocycles. The van der Waals surface area contributed by atoms with Crippen molar-refractivity contribution in [3.05, 3.63) is 68.9 Å². The first-order chi connectivity index (χ1) is 9.99. The molecule has 0 saturated carbocycles. The Hall–Kier alpha value is 0.1000. The van der Waals surface area contributed by atoms with E-state index in [1.807, 2.05) is 24.3 Å². The Morgan fingerprint density at radius 1 is 1.05 bits per heavy atom. The van der Waals surface area contributed by atoms with E-state index in [2.05, 4.69) is 53.9 Å². The zero-order valence-electron chi connectivity index (χ0n) is 11.1. The van der Waals surface area contributed by atoms with Crippen molar-refractivity contribution >= 4 is 59.4 Å². The van der Waals surface area contributed by atoms with Gasteiger partial charge in [-0.05, 0) is 47.9 Å². The molecule has 2 aromatic rings. The fourth-order valence-corrected chi connectivity index (χ4v) is 4.98. The van der Waals surface area contributed by atoms with Crippen LogP contribution in [0.3, 0.4) is 0 Å². The fraction of sp³-hybridized carbons (Fsp3) is 0.250. The molecule has 5 heteroatoms. The number of hydrogen-bond acceptors (Lipinski definition) is 0. The quantitative estimate of drug-likeness (QED) is 0.412. The second-order valence-electron chi connectivity index (χ2n) is 5.01. The van der Waals surface area contributed by atoms with Crippen molar-refractivity contribution in [2.75, 3.05) is 10.7 Å². The van der Waals surface area contributed by atoms with Gasteiger partial charge in [0.15, 0.2) is 0 Å². The second-order valence-corrected chi connectivity index (χ2v) is 7.49. The average molecular weight is 499 g/mol. The molecular weight excluding hydrogens is 486 g/mol. The van der Waals surface area contributed by atoms with Gasteiger partial charge in [-0.15, -0.1) is 0 Å². The monoisotopic (exact) mass is 496 g/mol. The molecule has 0 atom stereocenters. The lowest BCUT2D eigenvalue weighted by Crippen LogP contribution is -2.33. The molecule has 0 saturated heterocycles. The Morgan fingerprint density at radius 3 is 2.33 bits per heavy atom. The molecule has 0 nitrogen and oxygen atoms in total. The van der Waals surface area contributed by atoms with Gasteiger partial charge in [-0.25, -0.2) is 4.39 Å². The predicted octanol–water partition coefficient (Wildman–Crippen LogP) is 6.51. The molecule has 0 fully saturated rings. The van der Waals surface area contributed by atoms with E-state index in [9.17, 15) is 4.39 Å². The zero-order chi connectivity index (χ0) is 15.5. The normalized spacial score (nSPS) is 11.7. The van der Waals surface area contributed by atoms with Crippen molar-refractivity contribution < 1.29 is 4.39 Å². The highest BCUT2D eigenvalue weighted by atomic mass is 79.9. The molecule has 0 heterocycles. The van der Waals surface area contributed by atoms with E-state index in [-0.39, 0.29) is 11.2 Å². The van der Waals surface area contributed by atoms with Gasteiger partial charge >= 0.3 is 0 Å². The van der Waals surface area contributed by atoms with Crippen LogP contribution in [-0.2, 0) is 11.8 Å². The lowest BCUT2D eigenvalue weighted by molar-refractivity contribution is 0.546. The van der Waals surface area contributed by atoms with Gasteiger partial charge in [0.1, 0.15) is 5.82 Å². The molecular formula is C16H13Br3ClF. The second kappa shape index (κ2) is 7.58. The predicted molar refractivity (Wildman–Crippen MR) is 98.5 cm³/mol. The first-order valence-corrected chi connectivity index (χ1v) is 9.73. The Kier molecular flexibility index (Phi) is 6.30. The van der Waals surface area contributed by atoms with Crippen LogP contribution in [0.5, 0.6) is 0 Å². The highest BCUT2D eigenvalue weighted by Crippen LogP contribution is 2.34.